The molecule has 0 aliphatic rings. The molecule has 3 rings (SSSR count). The summed E-state index contributed by atoms with van der Waals surface area (Å²) in [6.07, 6.45) is 3.51. The number of hydrogen-bond donors (Lipinski definition) is 1. The summed E-state index contributed by atoms with van der Waals surface area (Å²) in [6, 6.07) is 13.4. The number of hydrogen-bond acceptors (Lipinski definition) is 1. The molecular formula is C15H10Cl2N2. The topological polar surface area (TPSA) is 28.7 Å². The minimum Gasteiger partial charge on any atom is -0.345 e. The van der Waals surface area contributed by atoms with Crippen molar-refractivity contribution in [3.05, 3.63) is 64.9 Å². The highest BCUT2D eigenvalue weighted by Gasteiger charge is 2.12. The standard InChI is InChI=1S/C15H10Cl2N2/c16-10-5-6-12(15-18-7-8-19-15)13(9-10)11-3-1-2-4-14(11)17/h1-9H,(H,18,19). The Labute approximate surface area is 121 Å². The molecule has 0 saturated heterocycles. The normalized spacial score (nSPS) is 10.6. The van der Waals surface area contributed by atoms with E-state index >= 15 is 0 Å². The van der Waals surface area contributed by atoms with Crippen molar-refractivity contribution in [3.8, 4) is 22.5 Å². The Hall–Kier alpha value is -1.77. The largest absolute Gasteiger partial charge is 0.345 e. The Balaban J connectivity index is 2.26. The van der Waals surface area contributed by atoms with Gasteiger partial charge in [0.15, 0.2) is 0 Å². The second-order valence-electron chi connectivity index (χ2n) is 4.11. The molecule has 0 aliphatic carbocycles. The first kappa shape index (κ1) is 12.3. The summed E-state index contributed by atoms with van der Waals surface area (Å²) in [6.45, 7) is 0. The predicted molar refractivity (Wildman–Crippen MR) is 79.5 cm³/mol. The van der Waals surface area contributed by atoms with Crippen LogP contribution in [0, 0.1) is 0 Å². The van der Waals surface area contributed by atoms with E-state index in [0.29, 0.717) is 10.0 Å². The molecule has 0 radical (unpaired) electrons. The Morgan fingerprint density at radius 1 is 0.895 bits per heavy atom. The van der Waals surface area contributed by atoms with Gasteiger partial charge in [-0.3, -0.25) is 0 Å². The fourth-order valence-electron chi connectivity index (χ4n) is 2.04. The predicted octanol–water partition coefficient (Wildman–Crippen LogP) is 5.05. The zero-order chi connectivity index (χ0) is 13.2. The smallest absolute Gasteiger partial charge is 0.137 e. The highest BCUT2D eigenvalue weighted by molar-refractivity contribution is 6.34. The average Bonchev–Trinajstić information content (AvgIpc) is 2.93. The second kappa shape index (κ2) is 5.08. The number of benzene rings is 2. The summed E-state index contributed by atoms with van der Waals surface area (Å²) >= 11 is 12.4. The van der Waals surface area contributed by atoms with Crippen LogP contribution in [0.4, 0.5) is 0 Å². The van der Waals surface area contributed by atoms with Crippen LogP contribution in [0.2, 0.25) is 10.0 Å². The molecule has 0 atom stereocenters. The van der Waals surface area contributed by atoms with Crippen molar-refractivity contribution >= 4 is 23.2 Å². The van der Waals surface area contributed by atoms with Gasteiger partial charge in [0.1, 0.15) is 5.82 Å². The van der Waals surface area contributed by atoms with E-state index in [-0.39, 0.29) is 0 Å². The number of halogens is 2. The quantitative estimate of drug-likeness (QED) is 0.702. The molecule has 0 bridgehead atoms. The summed E-state index contributed by atoms with van der Waals surface area (Å²) in [4.78, 5) is 7.40. The number of H-pyrrole nitrogens is 1. The Morgan fingerprint density at radius 3 is 2.47 bits per heavy atom. The maximum absolute atomic E-state index is 6.27. The van der Waals surface area contributed by atoms with Crippen molar-refractivity contribution in [1.29, 1.82) is 0 Å². The van der Waals surface area contributed by atoms with Gasteiger partial charge in [0.2, 0.25) is 0 Å². The van der Waals surface area contributed by atoms with Crippen molar-refractivity contribution in [3.63, 3.8) is 0 Å². The molecule has 2 nitrogen and oxygen atoms in total. The molecule has 4 heteroatoms. The van der Waals surface area contributed by atoms with E-state index in [1.54, 1.807) is 12.4 Å². The lowest BCUT2D eigenvalue weighted by Gasteiger charge is -2.10. The van der Waals surface area contributed by atoms with E-state index in [1.165, 1.54) is 0 Å². The number of nitrogens with one attached hydrogen (secondary N) is 1. The van der Waals surface area contributed by atoms with Crippen LogP contribution in [0.15, 0.2) is 54.9 Å². The maximum atomic E-state index is 6.27. The Kier molecular flexibility index (Phi) is 3.28. The van der Waals surface area contributed by atoms with Crippen LogP contribution >= 0.6 is 23.2 Å². The van der Waals surface area contributed by atoms with E-state index in [2.05, 4.69) is 9.97 Å². The van der Waals surface area contributed by atoms with E-state index in [9.17, 15) is 0 Å². The first-order valence-electron chi connectivity index (χ1n) is 5.80. The third-order valence-electron chi connectivity index (χ3n) is 2.90. The van der Waals surface area contributed by atoms with Gasteiger partial charge < -0.3 is 4.98 Å². The van der Waals surface area contributed by atoms with Crippen molar-refractivity contribution in [2.75, 3.05) is 0 Å². The first-order valence-corrected chi connectivity index (χ1v) is 6.55. The molecule has 2 aromatic carbocycles. The van der Waals surface area contributed by atoms with Crippen LogP contribution in [-0.2, 0) is 0 Å². The van der Waals surface area contributed by atoms with Crippen LogP contribution in [0.25, 0.3) is 22.5 Å². The lowest BCUT2D eigenvalue weighted by Crippen LogP contribution is -1.88. The van der Waals surface area contributed by atoms with Gasteiger partial charge in [0.05, 0.1) is 0 Å². The summed E-state index contributed by atoms with van der Waals surface area (Å²) in [5.41, 5.74) is 2.88. The molecule has 0 amide bonds. The third-order valence-corrected chi connectivity index (χ3v) is 3.46. The molecule has 94 valence electrons. The molecule has 0 unspecified atom stereocenters. The fourth-order valence-corrected chi connectivity index (χ4v) is 2.45. The van der Waals surface area contributed by atoms with Crippen LogP contribution in [-0.4, -0.2) is 9.97 Å². The first-order chi connectivity index (χ1) is 9.25. The Morgan fingerprint density at radius 2 is 1.74 bits per heavy atom. The monoisotopic (exact) mass is 288 g/mol. The number of aromatic nitrogens is 2. The van der Waals surface area contributed by atoms with E-state index in [4.69, 9.17) is 23.2 Å². The van der Waals surface area contributed by atoms with Gasteiger partial charge in [-0.1, -0.05) is 41.4 Å². The van der Waals surface area contributed by atoms with E-state index in [1.807, 2.05) is 42.5 Å². The molecule has 3 aromatic rings. The average molecular weight is 289 g/mol. The molecule has 1 aromatic heterocycles. The summed E-state index contributed by atoms with van der Waals surface area (Å²) in [5, 5.41) is 1.36. The zero-order valence-corrected chi connectivity index (χ0v) is 11.4. The van der Waals surface area contributed by atoms with Gasteiger partial charge in [0.25, 0.3) is 0 Å². The number of rotatable bonds is 2. The van der Waals surface area contributed by atoms with Crippen LogP contribution in [0.5, 0.6) is 0 Å². The van der Waals surface area contributed by atoms with Gasteiger partial charge >= 0.3 is 0 Å². The maximum Gasteiger partial charge on any atom is 0.137 e. The molecule has 0 aliphatic heterocycles. The molecule has 0 fully saturated rings. The van der Waals surface area contributed by atoms with Crippen molar-refractivity contribution in [2.24, 2.45) is 0 Å². The summed E-state index contributed by atoms with van der Waals surface area (Å²) < 4.78 is 0. The molecule has 0 spiro atoms. The van der Waals surface area contributed by atoms with Crippen molar-refractivity contribution in [1.82, 2.24) is 9.97 Å². The van der Waals surface area contributed by atoms with Gasteiger partial charge in [0, 0.05) is 33.6 Å². The van der Waals surface area contributed by atoms with Gasteiger partial charge in [-0.15, -0.1) is 0 Å². The SMILES string of the molecule is Clc1ccc(-c2ncc[nH]2)c(-c2ccccc2Cl)c1. The minimum atomic E-state index is 0.672. The third kappa shape index (κ3) is 2.37. The van der Waals surface area contributed by atoms with Crippen molar-refractivity contribution in [2.45, 2.75) is 0 Å². The molecular weight excluding hydrogens is 279 g/mol. The van der Waals surface area contributed by atoms with Crippen LogP contribution in [0.1, 0.15) is 0 Å². The second-order valence-corrected chi connectivity index (χ2v) is 4.95. The van der Waals surface area contributed by atoms with Gasteiger partial charge in [-0.05, 0) is 29.8 Å². The minimum absolute atomic E-state index is 0.672. The highest BCUT2D eigenvalue weighted by atomic mass is 35.5. The number of imidazole rings is 1. The lowest BCUT2D eigenvalue weighted by atomic mass is 9.99. The van der Waals surface area contributed by atoms with Crippen molar-refractivity contribution < 1.29 is 0 Å². The molecule has 1 heterocycles. The summed E-state index contributed by atoms with van der Waals surface area (Å²) in [5.74, 6) is 0.798. The van der Waals surface area contributed by atoms with E-state index < -0.39 is 0 Å². The lowest BCUT2D eigenvalue weighted by molar-refractivity contribution is 1.31. The fraction of sp³-hybridized carbons (Fsp3) is 0. The van der Waals surface area contributed by atoms with Gasteiger partial charge in [-0.2, -0.15) is 0 Å². The summed E-state index contributed by atoms with van der Waals surface area (Å²) in [7, 11) is 0. The zero-order valence-electron chi connectivity index (χ0n) is 9.90. The van der Waals surface area contributed by atoms with Gasteiger partial charge in [-0.25, -0.2) is 4.98 Å². The molecule has 1 N–H and O–H groups in total. The molecule has 19 heavy (non-hydrogen) atoms. The van der Waals surface area contributed by atoms with Crippen LogP contribution in [0.3, 0.4) is 0 Å². The van der Waals surface area contributed by atoms with Crippen LogP contribution < -0.4 is 0 Å². The number of nitrogens with zero attached hydrogens (tertiary/aromatic N) is 1. The highest BCUT2D eigenvalue weighted by Crippen LogP contribution is 2.36. The molecule has 0 saturated carbocycles. The van der Waals surface area contributed by atoms with E-state index in [0.717, 1.165) is 22.5 Å². The number of aromatic amines is 1. The Bertz CT molecular complexity index is 706.